The van der Waals surface area contributed by atoms with Crippen LogP contribution in [0.1, 0.15) is 35.7 Å². The summed E-state index contributed by atoms with van der Waals surface area (Å²) in [6, 6.07) is 8.24. The smallest absolute Gasteiger partial charge is 0.267 e. The van der Waals surface area contributed by atoms with E-state index < -0.39 is 38.9 Å². The molecule has 0 spiro atoms. The monoisotopic (exact) mass is 369 g/mol. The van der Waals surface area contributed by atoms with Gasteiger partial charge in [-0.25, -0.2) is 21.9 Å². The fourth-order valence-electron chi connectivity index (χ4n) is 2.17. The number of amides is 1. The van der Waals surface area contributed by atoms with Gasteiger partial charge in [0, 0.05) is 6.07 Å². The van der Waals surface area contributed by atoms with Crippen LogP contribution >= 0.6 is 0 Å². The maximum atomic E-state index is 14.2. The lowest BCUT2D eigenvalue weighted by Gasteiger charge is -2.14. The van der Waals surface area contributed by atoms with Crippen LogP contribution in [0.15, 0.2) is 36.4 Å². The Bertz CT molecular complexity index is 911. The van der Waals surface area contributed by atoms with Crippen LogP contribution in [0.4, 0.5) is 8.78 Å². The van der Waals surface area contributed by atoms with Crippen LogP contribution in [-0.4, -0.2) is 20.6 Å². The minimum Gasteiger partial charge on any atom is -0.454 e. The molecule has 8 heteroatoms. The minimum absolute atomic E-state index is 0.101. The van der Waals surface area contributed by atoms with Crippen LogP contribution in [0.2, 0.25) is 0 Å². The van der Waals surface area contributed by atoms with Crippen LogP contribution in [0, 0.1) is 11.6 Å². The van der Waals surface area contributed by atoms with Crippen molar-refractivity contribution in [3.8, 4) is 11.5 Å². The van der Waals surface area contributed by atoms with Crippen molar-refractivity contribution in [2.24, 2.45) is 0 Å². The van der Waals surface area contributed by atoms with Crippen molar-refractivity contribution in [1.82, 2.24) is 4.72 Å². The number of carbonyl (C=O) groups is 1. The summed E-state index contributed by atoms with van der Waals surface area (Å²) in [5.41, 5.74) is 0.0774. The number of sulfonamides is 1. The second-order valence-corrected chi connectivity index (χ2v) is 7.51. The van der Waals surface area contributed by atoms with Crippen molar-refractivity contribution < 1.29 is 26.7 Å². The van der Waals surface area contributed by atoms with Gasteiger partial charge in [-0.15, -0.1) is 0 Å². The summed E-state index contributed by atoms with van der Waals surface area (Å²) in [7, 11) is -3.89. The molecule has 0 aliphatic carbocycles. The molecule has 134 valence electrons. The fourth-order valence-corrected chi connectivity index (χ4v) is 2.62. The van der Waals surface area contributed by atoms with Crippen LogP contribution in [-0.2, 0) is 10.0 Å². The summed E-state index contributed by atoms with van der Waals surface area (Å²) in [6.07, 6.45) is 0.736. The van der Waals surface area contributed by atoms with Crippen molar-refractivity contribution in [1.29, 1.82) is 0 Å². The van der Waals surface area contributed by atoms with E-state index in [-0.39, 0.29) is 5.92 Å². The molecule has 0 unspecified atom stereocenters. The number of hydrogen-bond donors (Lipinski definition) is 1. The first-order chi connectivity index (χ1) is 11.6. The molecule has 0 saturated carbocycles. The molecule has 0 fully saturated rings. The molecule has 2 rings (SSSR count). The van der Waals surface area contributed by atoms with E-state index in [0.717, 1.165) is 11.8 Å². The summed E-state index contributed by atoms with van der Waals surface area (Å²) >= 11 is 0. The SMILES string of the molecule is CC(C)c1ccccc1Oc1cc(F)c(C(=O)NS(C)(=O)=O)cc1F. The van der Waals surface area contributed by atoms with Gasteiger partial charge in [0.2, 0.25) is 10.0 Å². The maximum absolute atomic E-state index is 14.2. The summed E-state index contributed by atoms with van der Waals surface area (Å²) in [5, 5.41) is 0. The number of hydrogen-bond acceptors (Lipinski definition) is 4. The topological polar surface area (TPSA) is 72.5 Å². The zero-order valence-electron chi connectivity index (χ0n) is 13.8. The zero-order chi connectivity index (χ0) is 18.8. The van der Waals surface area contributed by atoms with E-state index >= 15 is 0 Å². The lowest BCUT2D eigenvalue weighted by atomic mass is 10.0. The van der Waals surface area contributed by atoms with Crippen molar-refractivity contribution in [2.45, 2.75) is 19.8 Å². The Kier molecular flexibility index (Phi) is 5.42. The Balaban J connectivity index is 2.37. The van der Waals surface area contributed by atoms with Gasteiger partial charge >= 0.3 is 0 Å². The van der Waals surface area contributed by atoms with Crippen LogP contribution < -0.4 is 9.46 Å². The molecule has 1 N–H and O–H groups in total. The summed E-state index contributed by atoms with van der Waals surface area (Å²) < 4.78 is 57.5. The number of carbonyl (C=O) groups excluding carboxylic acids is 1. The first-order valence-electron chi connectivity index (χ1n) is 7.36. The molecule has 5 nitrogen and oxygen atoms in total. The minimum atomic E-state index is -3.89. The Labute approximate surface area is 144 Å². The third kappa shape index (κ3) is 4.76. The van der Waals surface area contributed by atoms with Gasteiger partial charge in [0.25, 0.3) is 5.91 Å². The normalized spacial score (nSPS) is 11.4. The number of para-hydroxylation sites is 1. The molecule has 2 aromatic rings. The first-order valence-corrected chi connectivity index (χ1v) is 9.25. The third-order valence-electron chi connectivity index (χ3n) is 3.31. The fraction of sp³-hybridized carbons (Fsp3) is 0.235. The molecule has 25 heavy (non-hydrogen) atoms. The second-order valence-electron chi connectivity index (χ2n) is 5.76. The van der Waals surface area contributed by atoms with E-state index in [1.54, 1.807) is 22.9 Å². The van der Waals surface area contributed by atoms with Gasteiger partial charge in [0.15, 0.2) is 11.6 Å². The molecule has 0 radical (unpaired) electrons. The lowest BCUT2D eigenvalue weighted by molar-refractivity contribution is 0.0977. The van der Waals surface area contributed by atoms with Gasteiger partial charge in [-0.3, -0.25) is 4.79 Å². The molecule has 0 saturated heterocycles. The predicted octanol–water partition coefficient (Wildman–Crippen LogP) is 3.57. The average molecular weight is 369 g/mol. The highest BCUT2D eigenvalue weighted by Crippen LogP contribution is 2.32. The number of ether oxygens (including phenoxy) is 1. The molecule has 0 aliphatic rings. The largest absolute Gasteiger partial charge is 0.454 e. The third-order valence-corrected chi connectivity index (χ3v) is 3.86. The molecule has 1 amide bonds. The Morgan fingerprint density at radius 1 is 1.08 bits per heavy atom. The molecule has 0 bridgehead atoms. The maximum Gasteiger partial charge on any atom is 0.267 e. The standard InChI is InChI=1S/C17H17F2NO4S/c1-10(2)11-6-4-5-7-15(11)24-16-9-13(18)12(8-14(16)19)17(21)20-25(3,22)23/h4-10H,1-3H3,(H,20,21). The number of benzene rings is 2. The average Bonchev–Trinajstić information content (AvgIpc) is 2.49. The van der Waals surface area contributed by atoms with Crippen LogP contribution in [0.3, 0.4) is 0 Å². The quantitative estimate of drug-likeness (QED) is 0.875. The molecule has 0 aliphatic heterocycles. The van der Waals surface area contributed by atoms with Crippen LogP contribution in [0.5, 0.6) is 11.5 Å². The molecular weight excluding hydrogens is 352 g/mol. The van der Waals surface area contributed by atoms with Crippen molar-refractivity contribution in [3.63, 3.8) is 0 Å². The van der Waals surface area contributed by atoms with E-state index in [2.05, 4.69) is 0 Å². The van der Waals surface area contributed by atoms with Gasteiger partial charge in [0.05, 0.1) is 11.8 Å². The van der Waals surface area contributed by atoms with Crippen molar-refractivity contribution >= 4 is 15.9 Å². The van der Waals surface area contributed by atoms with Crippen molar-refractivity contribution in [3.05, 3.63) is 59.2 Å². The van der Waals surface area contributed by atoms with Gasteiger partial charge in [-0.1, -0.05) is 32.0 Å². The highest BCUT2D eigenvalue weighted by Gasteiger charge is 2.20. The van der Waals surface area contributed by atoms with E-state index in [1.807, 2.05) is 19.9 Å². The Hall–Kier alpha value is -2.48. The van der Waals surface area contributed by atoms with E-state index in [0.29, 0.717) is 17.9 Å². The Morgan fingerprint density at radius 3 is 2.32 bits per heavy atom. The summed E-state index contributed by atoms with van der Waals surface area (Å²) in [6.45, 7) is 3.86. The lowest BCUT2D eigenvalue weighted by Crippen LogP contribution is -2.30. The van der Waals surface area contributed by atoms with Gasteiger partial charge in [-0.05, 0) is 23.6 Å². The second kappa shape index (κ2) is 7.18. The van der Waals surface area contributed by atoms with Gasteiger partial charge in [-0.2, -0.15) is 0 Å². The molecule has 2 aromatic carbocycles. The van der Waals surface area contributed by atoms with Crippen molar-refractivity contribution in [2.75, 3.05) is 6.26 Å². The molecule has 0 heterocycles. The summed E-state index contributed by atoms with van der Waals surface area (Å²) in [4.78, 5) is 11.7. The zero-order valence-corrected chi connectivity index (χ0v) is 14.7. The number of halogens is 2. The van der Waals surface area contributed by atoms with E-state index in [4.69, 9.17) is 4.74 Å². The van der Waals surface area contributed by atoms with Gasteiger partial charge < -0.3 is 4.74 Å². The van der Waals surface area contributed by atoms with E-state index in [9.17, 15) is 22.0 Å². The van der Waals surface area contributed by atoms with Crippen LogP contribution in [0.25, 0.3) is 0 Å². The van der Waals surface area contributed by atoms with Gasteiger partial charge in [0.1, 0.15) is 11.6 Å². The summed E-state index contributed by atoms with van der Waals surface area (Å²) in [5.74, 6) is -3.28. The molecular formula is C17H17F2NO4S. The number of nitrogens with one attached hydrogen (secondary N) is 1. The number of rotatable bonds is 5. The van der Waals surface area contributed by atoms with E-state index in [1.165, 1.54) is 0 Å². The first kappa shape index (κ1) is 18.9. The highest BCUT2D eigenvalue weighted by molar-refractivity contribution is 7.89. The predicted molar refractivity (Wildman–Crippen MR) is 89.3 cm³/mol. The highest BCUT2D eigenvalue weighted by atomic mass is 32.2. The molecule has 0 atom stereocenters. The molecule has 0 aromatic heterocycles. The Morgan fingerprint density at radius 2 is 1.72 bits per heavy atom.